The van der Waals surface area contributed by atoms with Gasteiger partial charge in [0, 0.05) is 29.2 Å². The zero-order chi connectivity index (χ0) is 33.3. The lowest BCUT2D eigenvalue weighted by Gasteiger charge is -2.24. The van der Waals surface area contributed by atoms with Gasteiger partial charge in [-0.25, -0.2) is 9.98 Å². The lowest BCUT2D eigenvalue weighted by Crippen LogP contribution is -2.36. The molecule has 4 heteroatoms. The van der Waals surface area contributed by atoms with Gasteiger partial charge in [0.25, 0.3) is 0 Å². The lowest BCUT2D eigenvalue weighted by atomic mass is 9.84. The van der Waals surface area contributed by atoms with Gasteiger partial charge in [-0.1, -0.05) is 127 Å². The van der Waals surface area contributed by atoms with Crippen LogP contribution in [0, 0.1) is 5.92 Å². The highest BCUT2D eigenvalue weighted by molar-refractivity contribution is 6.16. The fraction of sp³-hybridized carbons (Fsp3) is 0.239. The molecule has 4 atom stereocenters. The zero-order valence-electron chi connectivity index (χ0n) is 28.4. The van der Waals surface area contributed by atoms with Crippen LogP contribution < -0.4 is 5.32 Å². The number of rotatable bonds is 5. The van der Waals surface area contributed by atoms with E-state index in [2.05, 4.69) is 139 Å². The molecule has 4 aliphatic carbocycles. The maximum absolute atomic E-state index is 5.25. The smallest absolute Gasteiger partial charge is 0.169 e. The first-order valence-electron chi connectivity index (χ1n) is 18.3. The SMILES string of the molecule is C1=CC2=CC(C=C1)C1=C(CCC(c3ccc(C4=NC(c5ccccc5)N=C(c5cccc(C6C=CCCC6)c5)N4)cc3)N=C1)C1=C2C=CCC1. The first-order valence-corrected chi connectivity index (χ1v) is 18.3. The van der Waals surface area contributed by atoms with Gasteiger partial charge in [-0.05, 0) is 95.6 Å². The molecule has 0 aromatic heterocycles. The van der Waals surface area contributed by atoms with Gasteiger partial charge in [0.05, 0.1) is 6.04 Å². The van der Waals surface area contributed by atoms with E-state index in [0.29, 0.717) is 5.92 Å². The molecule has 1 N–H and O–H groups in total. The van der Waals surface area contributed by atoms with Crippen LogP contribution >= 0.6 is 0 Å². The van der Waals surface area contributed by atoms with E-state index in [9.17, 15) is 0 Å². The molecular weight excluding hydrogens is 609 g/mol. The van der Waals surface area contributed by atoms with Crippen molar-refractivity contribution in [2.45, 2.75) is 63.1 Å². The predicted octanol–water partition coefficient (Wildman–Crippen LogP) is 10.5. The summed E-state index contributed by atoms with van der Waals surface area (Å²) in [5.74, 6) is 2.42. The van der Waals surface area contributed by atoms with Crippen molar-refractivity contribution in [2.24, 2.45) is 20.9 Å². The molecule has 3 aromatic rings. The van der Waals surface area contributed by atoms with Crippen LogP contribution in [0.2, 0.25) is 0 Å². The van der Waals surface area contributed by atoms with Gasteiger partial charge in [0.2, 0.25) is 0 Å². The van der Waals surface area contributed by atoms with Crippen LogP contribution in [0.4, 0.5) is 0 Å². The minimum absolute atomic E-state index is 0.113. The molecular formula is C46H42N4. The minimum atomic E-state index is -0.315. The van der Waals surface area contributed by atoms with Crippen molar-refractivity contribution in [3.05, 3.63) is 189 Å². The van der Waals surface area contributed by atoms with E-state index in [-0.39, 0.29) is 18.1 Å². The van der Waals surface area contributed by atoms with Crippen LogP contribution in [0.25, 0.3) is 0 Å². The van der Waals surface area contributed by atoms with Crippen molar-refractivity contribution in [2.75, 3.05) is 0 Å². The molecule has 50 heavy (non-hydrogen) atoms. The number of nitrogens with one attached hydrogen (secondary N) is 1. The molecule has 0 spiro atoms. The Bertz CT molecular complexity index is 2110. The Morgan fingerprint density at radius 1 is 0.660 bits per heavy atom. The highest BCUT2D eigenvalue weighted by atomic mass is 15.2. The summed E-state index contributed by atoms with van der Waals surface area (Å²) < 4.78 is 0. The molecule has 0 saturated carbocycles. The largest absolute Gasteiger partial charge is 0.324 e. The molecule has 9 rings (SSSR count). The second-order valence-electron chi connectivity index (χ2n) is 14.1. The summed E-state index contributed by atoms with van der Waals surface area (Å²) in [4.78, 5) is 15.5. The van der Waals surface area contributed by atoms with Crippen molar-refractivity contribution < 1.29 is 0 Å². The van der Waals surface area contributed by atoms with Gasteiger partial charge in [-0.15, -0.1) is 0 Å². The van der Waals surface area contributed by atoms with Crippen LogP contribution in [0.3, 0.4) is 0 Å². The molecule has 4 unspecified atom stereocenters. The Balaban J connectivity index is 0.993. The van der Waals surface area contributed by atoms with E-state index in [0.717, 1.165) is 54.0 Å². The number of hydrogen-bond donors (Lipinski definition) is 1. The Morgan fingerprint density at radius 2 is 1.52 bits per heavy atom. The highest BCUT2D eigenvalue weighted by Gasteiger charge is 2.28. The number of benzene rings is 3. The van der Waals surface area contributed by atoms with Gasteiger partial charge in [0.15, 0.2) is 6.17 Å². The molecule has 246 valence electrons. The summed E-state index contributed by atoms with van der Waals surface area (Å²) in [6, 6.07) is 28.3. The fourth-order valence-corrected chi connectivity index (χ4v) is 8.27. The summed E-state index contributed by atoms with van der Waals surface area (Å²) in [5.41, 5.74) is 13.0. The van der Waals surface area contributed by atoms with Crippen LogP contribution in [0.15, 0.2) is 176 Å². The second kappa shape index (κ2) is 13.5. The van der Waals surface area contributed by atoms with Gasteiger partial charge in [0.1, 0.15) is 11.7 Å². The Labute approximate surface area is 295 Å². The van der Waals surface area contributed by atoms with E-state index >= 15 is 0 Å². The molecule has 2 heterocycles. The van der Waals surface area contributed by atoms with Crippen molar-refractivity contribution in [1.82, 2.24) is 5.32 Å². The quantitative estimate of drug-likeness (QED) is 0.275. The van der Waals surface area contributed by atoms with Crippen molar-refractivity contribution in [1.29, 1.82) is 0 Å². The van der Waals surface area contributed by atoms with E-state index in [1.165, 1.54) is 58.3 Å². The van der Waals surface area contributed by atoms with Gasteiger partial charge < -0.3 is 5.32 Å². The van der Waals surface area contributed by atoms with Crippen LogP contribution in [-0.4, -0.2) is 17.9 Å². The fourth-order valence-electron chi connectivity index (χ4n) is 8.27. The topological polar surface area (TPSA) is 49.1 Å². The van der Waals surface area contributed by atoms with Crippen LogP contribution in [0.5, 0.6) is 0 Å². The molecule has 2 aliphatic heterocycles. The number of hydrogen-bond acceptors (Lipinski definition) is 4. The number of allylic oxidation sites excluding steroid dienone is 14. The lowest BCUT2D eigenvalue weighted by molar-refractivity contribution is 0.654. The normalized spacial score (nSPS) is 25.4. The van der Waals surface area contributed by atoms with Crippen molar-refractivity contribution >= 4 is 17.9 Å². The Hall–Kier alpha value is -5.35. The molecule has 0 radical (unpaired) electrons. The number of aliphatic imine (C=N–C) groups is 3. The molecule has 3 aromatic carbocycles. The molecule has 0 amide bonds. The first-order chi connectivity index (χ1) is 24.8. The summed E-state index contributed by atoms with van der Waals surface area (Å²) in [6.07, 6.45) is 30.5. The highest BCUT2D eigenvalue weighted by Crippen LogP contribution is 2.43. The summed E-state index contributed by atoms with van der Waals surface area (Å²) in [5, 5.41) is 3.63. The third-order valence-corrected chi connectivity index (χ3v) is 10.9. The van der Waals surface area contributed by atoms with Crippen molar-refractivity contribution in [3.63, 3.8) is 0 Å². The number of nitrogens with zero attached hydrogens (tertiary/aromatic N) is 3. The molecule has 6 aliphatic rings. The van der Waals surface area contributed by atoms with Gasteiger partial charge in [-0.2, -0.15) is 0 Å². The third kappa shape index (κ3) is 6.04. The first kappa shape index (κ1) is 30.7. The third-order valence-electron chi connectivity index (χ3n) is 10.9. The van der Waals surface area contributed by atoms with Crippen LogP contribution in [-0.2, 0) is 0 Å². The minimum Gasteiger partial charge on any atom is -0.324 e. The molecule has 0 fully saturated rings. The maximum Gasteiger partial charge on any atom is 0.169 e. The second-order valence-corrected chi connectivity index (χ2v) is 14.1. The molecule has 0 saturated heterocycles. The van der Waals surface area contributed by atoms with E-state index in [4.69, 9.17) is 15.0 Å². The Morgan fingerprint density at radius 3 is 2.38 bits per heavy atom. The number of fused-ring (bicyclic) bond motifs is 4. The monoisotopic (exact) mass is 650 g/mol. The van der Waals surface area contributed by atoms with Gasteiger partial charge >= 0.3 is 0 Å². The van der Waals surface area contributed by atoms with Crippen molar-refractivity contribution in [3.8, 4) is 0 Å². The zero-order valence-corrected chi connectivity index (χ0v) is 28.4. The average molecular weight is 651 g/mol. The average Bonchev–Trinajstić information content (AvgIpc) is 3.62. The van der Waals surface area contributed by atoms with Gasteiger partial charge in [-0.3, -0.25) is 4.99 Å². The summed E-state index contributed by atoms with van der Waals surface area (Å²) in [6.45, 7) is 0. The molecule has 4 nitrogen and oxygen atoms in total. The summed E-state index contributed by atoms with van der Waals surface area (Å²) in [7, 11) is 0. The van der Waals surface area contributed by atoms with E-state index in [1.54, 1.807) is 0 Å². The standard InChI is InChI=1S/C46H42N4/c1-3-12-31(13-4-1)35-18-11-19-38(28-35)46-49-44(33-14-5-2-6-15-33)48-45(50-46)34-24-22-32(23-25-34)43-27-26-41-40-21-10-9-20-39(40)36-16-7-8-17-37(29-36)42(41)30-47-43/h2-3,5-9,11-12,14-20,22-25,28-31,37,43-44H,1,4,10,13,21,26-27H2,(H,48,49,50). The molecule has 2 bridgehead atoms. The predicted molar refractivity (Wildman–Crippen MR) is 207 cm³/mol. The van der Waals surface area contributed by atoms with E-state index in [1.807, 2.05) is 6.07 Å². The number of amidine groups is 2. The Kier molecular flexibility index (Phi) is 8.30. The van der Waals surface area contributed by atoms with E-state index < -0.39 is 0 Å². The van der Waals surface area contributed by atoms with Crippen LogP contribution in [0.1, 0.15) is 90.9 Å². The maximum atomic E-state index is 5.25. The summed E-state index contributed by atoms with van der Waals surface area (Å²) >= 11 is 0.